The van der Waals surface area contributed by atoms with E-state index in [-0.39, 0.29) is 28.4 Å². The van der Waals surface area contributed by atoms with Crippen molar-refractivity contribution in [1.29, 1.82) is 0 Å². The minimum Gasteiger partial charge on any atom is -0.610 e. The van der Waals surface area contributed by atoms with Gasteiger partial charge in [0.15, 0.2) is 17.2 Å². The number of pyridine rings is 1. The van der Waals surface area contributed by atoms with Gasteiger partial charge in [-0.3, -0.25) is 4.57 Å². The van der Waals surface area contributed by atoms with Crippen LogP contribution < -0.4 is 0 Å². The van der Waals surface area contributed by atoms with Crippen LogP contribution in [0.4, 0.5) is 22.0 Å². The summed E-state index contributed by atoms with van der Waals surface area (Å²) in [6.07, 6.45) is -1.41. The zero-order chi connectivity index (χ0) is 25.3. The molecule has 0 aliphatic heterocycles. The Hall–Kier alpha value is -3.00. The predicted molar refractivity (Wildman–Crippen MR) is 117 cm³/mol. The maximum absolute atomic E-state index is 13.9. The number of imidazole rings is 2. The molecule has 1 fully saturated rings. The summed E-state index contributed by atoms with van der Waals surface area (Å²) in [6.45, 7) is 1.73. The highest BCUT2D eigenvalue weighted by Crippen LogP contribution is 2.44. The first kappa shape index (κ1) is 23.7. The van der Waals surface area contributed by atoms with Gasteiger partial charge < -0.3 is 9.12 Å². The lowest BCUT2D eigenvalue weighted by Crippen LogP contribution is -2.33. The molecule has 0 aromatic carbocycles. The average molecular weight is 513 g/mol. The fraction of sp³-hybridized carbons (Fsp3) is 0.429. The molecular weight excluding hydrogens is 493 g/mol. The van der Waals surface area contributed by atoms with E-state index >= 15 is 0 Å². The fourth-order valence-electron chi connectivity index (χ4n) is 3.89. The van der Waals surface area contributed by atoms with E-state index in [1.165, 1.54) is 11.6 Å². The Morgan fingerprint density at radius 1 is 1.11 bits per heavy atom. The van der Waals surface area contributed by atoms with Gasteiger partial charge in [-0.25, -0.2) is 19.6 Å². The van der Waals surface area contributed by atoms with Gasteiger partial charge in [-0.1, -0.05) is 0 Å². The van der Waals surface area contributed by atoms with Gasteiger partial charge in [0.05, 0.1) is 11.3 Å². The monoisotopic (exact) mass is 513 g/mol. The van der Waals surface area contributed by atoms with Crippen LogP contribution in [0, 0.1) is 0 Å². The van der Waals surface area contributed by atoms with E-state index in [1.807, 2.05) is 6.07 Å². The number of halogens is 5. The highest BCUT2D eigenvalue weighted by Gasteiger charge is 2.59. The summed E-state index contributed by atoms with van der Waals surface area (Å²) in [4.78, 5) is 12.7. The molecule has 4 aromatic rings. The van der Waals surface area contributed by atoms with Crippen LogP contribution in [0.5, 0.6) is 0 Å². The summed E-state index contributed by atoms with van der Waals surface area (Å²) in [7, 11) is 3.21. The molecule has 0 amide bonds. The fourth-order valence-corrected chi connectivity index (χ4v) is 4.90. The zero-order valence-corrected chi connectivity index (χ0v) is 19.7. The van der Waals surface area contributed by atoms with Crippen LogP contribution in [-0.2, 0) is 31.2 Å². The van der Waals surface area contributed by atoms with Crippen LogP contribution >= 0.6 is 0 Å². The molecular formula is C21H20F5N7OS. The van der Waals surface area contributed by atoms with Crippen molar-refractivity contribution in [1.82, 2.24) is 33.9 Å². The first-order chi connectivity index (χ1) is 16.4. The second-order valence-corrected chi connectivity index (χ2v) is 10.0. The first-order valence-electron chi connectivity index (χ1n) is 10.7. The normalized spacial score (nSPS) is 15.8. The Bertz CT molecular complexity index is 1420. The lowest BCUT2D eigenvalue weighted by molar-refractivity contribution is -0.289. The summed E-state index contributed by atoms with van der Waals surface area (Å²) in [6, 6.07) is 2.55. The molecule has 35 heavy (non-hydrogen) atoms. The second kappa shape index (κ2) is 8.01. The molecule has 1 aliphatic rings. The van der Waals surface area contributed by atoms with Crippen LogP contribution in [0.25, 0.3) is 28.6 Å². The van der Waals surface area contributed by atoms with Crippen LogP contribution in [0.3, 0.4) is 0 Å². The Morgan fingerprint density at radius 2 is 1.83 bits per heavy atom. The lowest BCUT2D eigenvalue weighted by atomic mass is 10.1. The molecule has 1 unspecified atom stereocenters. The third kappa shape index (κ3) is 3.78. The van der Waals surface area contributed by atoms with E-state index in [1.54, 1.807) is 29.4 Å². The molecule has 14 heteroatoms. The molecule has 186 valence electrons. The molecule has 8 nitrogen and oxygen atoms in total. The SMILES string of the molecule is CC[S+]([O-])c1c(-c2nc3cc(C(F)(F)C(F)(F)F)cnc3n2C)nc(-n2ccc(C3CC3)n2)n1C. The van der Waals surface area contributed by atoms with Crippen molar-refractivity contribution in [2.24, 2.45) is 14.1 Å². The minimum atomic E-state index is -5.77. The maximum atomic E-state index is 13.9. The van der Waals surface area contributed by atoms with Crippen LogP contribution in [0.1, 0.15) is 36.9 Å². The highest BCUT2D eigenvalue weighted by atomic mass is 32.2. The lowest BCUT2D eigenvalue weighted by Gasteiger charge is -2.19. The number of aryl methyl sites for hydroxylation is 1. The second-order valence-electron chi connectivity index (χ2n) is 8.35. The van der Waals surface area contributed by atoms with Crippen LogP contribution in [0.15, 0.2) is 29.6 Å². The molecule has 5 rings (SSSR count). The van der Waals surface area contributed by atoms with E-state index in [9.17, 15) is 26.5 Å². The maximum Gasteiger partial charge on any atom is 0.458 e. The van der Waals surface area contributed by atoms with Crippen molar-refractivity contribution in [2.75, 3.05) is 5.75 Å². The zero-order valence-electron chi connectivity index (χ0n) is 18.8. The van der Waals surface area contributed by atoms with Gasteiger partial charge in [0.25, 0.3) is 5.03 Å². The number of hydrogen-bond donors (Lipinski definition) is 0. The van der Waals surface area contributed by atoms with Crippen molar-refractivity contribution in [3.8, 4) is 17.5 Å². The first-order valence-corrected chi connectivity index (χ1v) is 12.0. The molecule has 1 aliphatic carbocycles. The summed E-state index contributed by atoms with van der Waals surface area (Å²) in [5.74, 6) is -3.91. The van der Waals surface area contributed by atoms with E-state index in [2.05, 4.69) is 20.1 Å². The van der Waals surface area contributed by atoms with Gasteiger partial charge in [0.1, 0.15) is 11.3 Å². The Morgan fingerprint density at radius 3 is 2.46 bits per heavy atom. The number of nitrogens with zero attached hydrogens (tertiary/aromatic N) is 7. The quantitative estimate of drug-likeness (QED) is 0.285. The van der Waals surface area contributed by atoms with Crippen molar-refractivity contribution in [3.05, 3.63) is 35.8 Å². The van der Waals surface area contributed by atoms with Gasteiger partial charge in [-0.15, -0.1) is 0 Å². The predicted octanol–water partition coefficient (Wildman–Crippen LogP) is 4.21. The molecule has 4 aromatic heterocycles. The van der Waals surface area contributed by atoms with Crippen molar-refractivity contribution < 1.29 is 26.5 Å². The van der Waals surface area contributed by atoms with Crippen LogP contribution in [-0.4, -0.2) is 50.3 Å². The Labute approximate surface area is 199 Å². The number of hydrogen-bond acceptors (Lipinski definition) is 5. The molecule has 4 heterocycles. The standard InChI is InChI=1S/C21H20F5N7OS/c1-4-35(34)18-15(29-19(32(18)3)33-8-7-13(30-33)11-5-6-11)17-28-14-9-12(10-27-16(14)31(17)2)20(22,23)21(24,25)26/h7-11H,4-6H2,1-3H3. The number of alkyl halides is 5. The molecule has 0 spiro atoms. The molecule has 0 bridgehead atoms. The van der Waals surface area contributed by atoms with Crippen LogP contribution in [0.2, 0.25) is 0 Å². The van der Waals surface area contributed by atoms with E-state index in [0.717, 1.165) is 18.5 Å². The Kier molecular flexibility index (Phi) is 5.43. The molecule has 0 N–H and O–H groups in total. The van der Waals surface area contributed by atoms with Crippen molar-refractivity contribution in [2.45, 2.75) is 42.8 Å². The summed E-state index contributed by atoms with van der Waals surface area (Å²) < 4.78 is 83.9. The number of rotatable bonds is 6. The third-order valence-corrected chi connectivity index (χ3v) is 7.37. The average Bonchev–Trinajstić information content (AvgIpc) is 3.31. The topological polar surface area (TPSA) is 89.4 Å². The molecule has 0 saturated heterocycles. The summed E-state index contributed by atoms with van der Waals surface area (Å²) in [5.41, 5.74) is -0.268. The van der Waals surface area contributed by atoms with Gasteiger partial charge >= 0.3 is 12.1 Å². The van der Waals surface area contributed by atoms with E-state index < -0.39 is 28.8 Å². The number of fused-ring (bicyclic) bond motifs is 1. The third-order valence-electron chi connectivity index (χ3n) is 5.95. The summed E-state index contributed by atoms with van der Waals surface area (Å²) in [5, 5.41) is 4.89. The Balaban J connectivity index is 1.66. The largest absolute Gasteiger partial charge is 0.610 e. The minimum absolute atomic E-state index is 0.0808. The molecule has 1 saturated carbocycles. The van der Waals surface area contributed by atoms with Gasteiger partial charge in [0.2, 0.25) is 5.95 Å². The van der Waals surface area contributed by atoms with E-state index in [0.29, 0.717) is 29.2 Å². The van der Waals surface area contributed by atoms with Crippen molar-refractivity contribution >= 4 is 22.3 Å². The van der Waals surface area contributed by atoms with Gasteiger partial charge in [-0.05, 0) is 31.9 Å². The van der Waals surface area contributed by atoms with Gasteiger partial charge in [-0.2, -0.15) is 27.1 Å². The number of aromatic nitrogens is 7. The van der Waals surface area contributed by atoms with Gasteiger partial charge in [0, 0.05) is 43.6 Å². The molecule has 1 atom stereocenters. The summed E-state index contributed by atoms with van der Waals surface area (Å²) >= 11 is -1.50. The molecule has 0 radical (unpaired) electrons. The van der Waals surface area contributed by atoms with Crippen molar-refractivity contribution in [3.63, 3.8) is 0 Å². The highest BCUT2D eigenvalue weighted by molar-refractivity contribution is 7.91. The van der Waals surface area contributed by atoms with E-state index in [4.69, 9.17) is 0 Å². The smallest absolute Gasteiger partial charge is 0.458 e.